The Morgan fingerprint density at radius 3 is 2.90 bits per heavy atom. The lowest BCUT2D eigenvalue weighted by Crippen LogP contribution is -2.37. The van der Waals surface area contributed by atoms with Gasteiger partial charge in [-0.2, -0.15) is 0 Å². The molecule has 1 aliphatic heterocycles. The molecule has 1 saturated heterocycles. The van der Waals surface area contributed by atoms with E-state index in [1.807, 2.05) is 11.3 Å². The van der Waals surface area contributed by atoms with Crippen molar-refractivity contribution in [3.8, 4) is 0 Å². The molecule has 2 aromatic heterocycles. The number of halogens is 1. The summed E-state index contributed by atoms with van der Waals surface area (Å²) in [6.07, 6.45) is 3.50. The number of alkyl halides is 1. The van der Waals surface area contributed by atoms with E-state index < -0.39 is 0 Å². The highest BCUT2D eigenvalue weighted by molar-refractivity contribution is 9.09. The molecule has 0 atom stereocenters. The fourth-order valence-electron chi connectivity index (χ4n) is 2.47. The smallest absolute Gasteiger partial charge is 0.191 e. The van der Waals surface area contributed by atoms with Gasteiger partial charge in [-0.3, -0.25) is 9.20 Å². The molecule has 0 saturated carbocycles. The molecular formula is C13H15BrN4O2. The van der Waals surface area contributed by atoms with Gasteiger partial charge in [0, 0.05) is 25.5 Å². The lowest BCUT2D eigenvalue weighted by Gasteiger charge is -2.27. The molecule has 20 heavy (non-hydrogen) atoms. The minimum absolute atomic E-state index is 0.0223. The van der Waals surface area contributed by atoms with Crippen LogP contribution in [0, 0.1) is 6.92 Å². The largest absolute Gasteiger partial charge is 0.378 e. The molecule has 2 aromatic rings. The van der Waals surface area contributed by atoms with E-state index in [4.69, 9.17) is 4.74 Å². The first-order valence-corrected chi connectivity index (χ1v) is 7.60. The number of imidazole rings is 1. The number of fused-ring (bicyclic) bond motifs is 1. The van der Waals surface area contributed by atoms with Gasteiger partial charge >= 0.3 is 0 Å². The number of Topliss-reactive ketones (excluding diaryl/α,β-unsaturated/α-hetero) is 1. The average Bonchev–Trinajstić information content (AvgIpc) is 2.83. The molecule has 1 aliphatic rings. The van der Waals surface area contributed by atoms with E-state index in [1.54, 1.807) is 12.4 Å². The standard InChI is InChI=1S/C13H15BrN4O2/c1-9-11(10(19)8-14)18-3-2-15-12(13(18)16-9)17-4-6-20-7-5-17/h2-3H,4-8H2,1H3. The maximum atomic E-state index is 12.0. The highest BCUT2D eigenvalue weighted by atomic mass is 79.9. The number of anilines is 1. The van der Waals surface area contributed by atoms with Crippen molar-refractivity contribution in [2.24, 2.45) is 0 Å². The summed E-state index contributed by atoms with van der Waals surface area (Å²) in [5.41, 5.74) is 2.09. The van der Waals surface area contributed by atoms with Gasteiger partial charge in [-0.1, -0.05) is 15.9 Å². The lowest BCUT2D eigenvalue weighted by atomic mass is 10.2. The second kappa shape index (κ2) is 5.49. The number of rotatable bonds is 3. The molecule has 0 aromatic carbocycles. The van der Waals surface area contributed by atoms with E-state index in [1.165, 1.54) is 0 Å². The van der Waals surface area contributed by atoms with Gasteiger partial charge in [0.05, 0.1) is 24.2 Å². The van der Waals surface area contributed by atoms with E-state index in [0.717, 1.165) is 30.2 Å². The minimum Gasteiger partial charge on any atom is -0.378 e. The van der Waals surface area contributed by atoms with Crippen LogP contribution in [0.4, 0.5) is 5.82 Å². The van der Waals surface area contributed by atoms with Crippen LogP contribution < -0.4 is 4.90 Å². The molecule has 3 heterocycles. The molecule has 0 bridgehead atoms. The number of ether oxygens (including phenoxy) is 1. The molecule has 3 rings (SSSR count). The van der Waals surface area contributed by atoms with E-state index in [2.05, 4.69) is 30.8 Å². The van der Waals surface area contributed by atoms with E-state index in [0.29, 0.717) is 18.9 Å². The number of morpholine rings is 1. The molecule has 0 radical (unpaired) electrons. The summed E-state index contributed by atoms with van der Waals surface area (Å²) in [7, 11) is 0. The monoisotopic (exact) mass is 338 g/mol. The van der Waals surface area contributed by atoms with Crippen LogP contribution in [0.2, 0.25) is 0 Å². The van der Waals surface area contributed by atoms with Crippen LogP contribution in [-0.4, -0.2) is 51.8 Å². The summed E-state index contributed by atoms with van der Waals surface area (Å²) < 4.78 is 7.19. The topological polar surface area (TPSA) is 59.7 Å². The van der Waals surface area contributed by atoms with Crippen LogP contribution in [0.15, 0.2) is 12.4 Å². The summed E-state index contributed by atoms with van der Waals surface area (Å²) in [5.74, 6) is 0.835. The number of nitrogens with zero attached hydrogens (tertiary/aromatic N) is 4. The predicted octanol–water partition coefficient (Wildman–Crippen LogP) is 1.45. The third-order valence-corrected chi connectivity index (χ3v) is 3.90. The second-order valence-electron chi connectivity index (χ2n) is 4.65. The molecule has 0 aliphatic carbocycles. The number of aryl methyl sites for hydroxylation is 1. The van der Waals surface area contributed by atoms with Crippen molar-refractivity contribution in [2.45, 2.75) is 6.92 Å². The van der Waals surface area contributed by atoms with Crippen molar-refractivity contribution >= 4 is 33.2 Å². The number of carbonyl (C=O) groups is 1. The van der Waals surface area contributed by atoms with Gasteiger partial charge in [0.1, 0.15) is 5.69 Å². The summed E-state index contributed by atoms with van der Waals surface area (Å²) in [6.45, 7) is 4.82. The Bertz CT molecular complexity index is 649. The highest BCUT2D eigenvalue weighted by Crippen LogP contribution is 2.22. The quantitative estimate of drug-likeness (QED) is 0.626. The lowest BCUT2D eigenvalue weighted by molar-refractivity contribution is 0.101. The van der Waals surface area contributed by atoms with Crippen LogP contribution in [0.3, 0.4) is 0 Å². The molecular weight excluding hydrogens is 324 g/mol. The zero-order chi connectivity index (χ0) is 14.1. The van der Waals surface area contributed by atoms with Gasteiger partial charge in [-0.15, -0.1) is 0 Å². The number of ketones is 1. The summed E-state index contributed by atoms with van der Waals surface area (Å²) in [6, 6.07) is 0. The molecule has 0 amide bonds. The van der Waals surface area contributed by atoms with Crippen LogP contribution in [-0.2, 0) is 4.74 Å². The Morgan fingerprint density at radius 1 is 1.45 bits per heavy atom. The third-order valence-electron chi connectivity index (χ3n) is 3.39. The predicted molar refractivity (Wildman–Crippen MR) is 78.9 cm³/mol. The maximum Gasteiger partial charge on any atom is 0.191 e. The van der Waals surface area contributed by atoms with Gasteiger partial charge in [0.2, 0.25) is 0 Å². The van der Waals surface area contributed by atoms with Gasteiger partial charge < -0.3 is 9.64 Å². The number of hydrogen-bond acceptors (Lipinski definition) is 5. The normalized spacial score (nSPS) is 15.8. The van der Waals surface area contributed by atoms with E-state index >= 15 is 0 Å². The Kier molecular flexibility index (Phi) is 3.71. The highest BCUT2D eigenvalue weighted by Gasteiger charge is 2.21. The molecule has 0 N–H and O–H groups in total. The summed E-state index contributed by atoms with van der Waals surface area (Å²) >= 11 is 3.22. The van der Waals surface area contributed by atoms with Gasteiger partial charge in [0.15, 0.2) is 17.2 Å². The third kappa shape index (κ3) is 2.20. The average molecular weight is 339 g/mol. The van der Waals surface area contributed by atoms with Crippen LogP contribution in [0.25, 0.3) is 5.65 Å². The molecule has 1 fully saturated rings. The molecule has 6 nitrogen and oxygen atoms in total. The molecule has 7 heteroatoms. The molecule has 0 unspecified atom stereocenters. The Balaban J connectivity index is 2.13. The van der Waals surface area contributed by atoms with Crippen molar-refractivity contribution < 1.29 is 9.53 Å². The number of aromatic nitrogens is 3. The fraction of sp³-hybridized carbons (Fsp3) is 0.462. The number of carbonyl (C=O) groups excluding carboxylic acids is 1. The van der Waals surface area contributed by atoms with Crippen molar-refractivity contribution in [1.82, 2.24) is 14.4 Å². The van der Waals surface area contributed by atoms with E-state index in [-0.39, 0.29) is 11.1 Å². The first-order chi connectivity index (χ1) is 9.72. The first kappa shape index (κ1) is 13.5. The zero-order valence-corrected chi connectivity index (χ0v) is 12.8. The maximum absolute atomic E-state index is 12.0. The Labute approximate surface area is 124 Å². The number of hydrogen-bond donors (Lipinski definition) is 0. The molecule has 0 spiro atoms. The van der Waals surface area contributed by atoms with Gasteiger partial charge in [0.25, 0.3) is 0 Å². The van der Waals surface area contributed by atoms with Crippen LogP contribution in [0.1, 0.15) is 16.2 Å². The van der Waals surface area contributed by atoms with Crippen molar-refractivity contribution in [2.75, 3.05) is 36.5 Å². The van der Waals surface area contributed by atoms with Gasteiger partial charge in [-0.25, -0.2) is 9.97 Å². The van der Waals surface area contributed by atoms with Crippen molar-refractivity contribution in [3.05, 3.63) is 23.8 Å². The SMILES string of the molecule is Cc1nc2c(N3CCOCC3)nccn2c1C(=O)CBr. The Hall–Kier alpha value is -1.47. The fourth-order valence-corrected chi connectivity index (χ4v) is 2.74. The van der Waals surface area contributed by atoms with E-state index in [9.17, 15) is 4.79 Å². The Morgan fingerprint density at radius 2 is 2.20 bits per heavy atom. The van der Waals surface area contributed by atoms with Gasteiger partial charge in [-0.05, 0) is 6.92 Å². The first-order valence-electron chi connectivity index (χ1n) is 6.48. The summed E-state index contributed by atoms with van der Waals surface area (Å²) in [5, 5.41) is 0.289. The second-order valence-corrected chi connectivity index (χ2v) is 5.21. The molecule has 106 valence electrons. The minimum atomic E-state index is 0.0223. The zero-order valence-electron chi connectivity index (χ0n) is 11.2. The van der Waals surface area contributed by atoms with Crippen molar-refractivity contribution in [3.63, 3.8) is 0 Å². The van der Waals surface area contributed by atoms with Crippen LogP contribution in [0.5, 0.6) is 0 Å². The van der Waals surface area contributed by atoms with Crippen LogP contribution >= 0.6 is 15.9 Å². The van der Waals surface area contributed by atoms with Crippen molar-refractivity contribution in [1.29, 1.82) is 0 Å². The summed E-state index contributed by atoms with van der Waals surface area (Å²) in [4.78, 5) is 23.1.